The Bertz CT molecular complexity index is 500. The van der Waals surface area contributed by atoms with Crippen LogP contribution in [0.5, 0.6) is 5.75 Å². The zero-order valence-corrected chi connectivity index (χ0v) is 13.7. The van der Waals surface area contributed by atoms with Gasteiger partial charge in [0.1, 0.15) is 11.9 Å². The number of benzene rings is 1. The molecule has 1 aliphatic heterocycles. The molecule has 2 rings (SSSR count). The molecule has 1 unspecified atom stereocenters. The number of nitrogens with zero attached hydrogens (tertiary/aromatic N) is 1. The number of hydrogen-bond acceptors (Lipinski definition) is 4. The maximum Gasteiger partial charge on any atom is 0.410 e. The molecule has 0 spiro atoms. The van der Waals surface area contributed by atoms with Crippen LogP contribution in [0.2, 0.25) is 0 Å². The van der Waals surface area contributed by atoms with Gasteiger partial charge >= 0.3 is 6.09 Å². The topological polar surface area (TPSA) is 59.0 Å². The molecule has 1 fully saturated rings. The molecule has 122 valence electrons. The van der Waals surface area contributed by atoms with Crippen molar-refractivity contribution >= 4 is 6.09 Å². The van der Waals surface area contributed by atoms with Crippen molar-refractivity contribution in [2.75, 3.05) is 6.61 Å². The van der Waals surface area contributed by atoms with Crippen LogP contribution in [0.25, 0.3) is 0 Å². The van der Waals surface area contributed by atoms with E-state index in [0.29, 0.717) is 6.42 Å². The van der Waals surface area contributed by atoms with Crippen molar-refractivity contribution in [2.45, 2.75) is 58.4 Å². The molecule has 1 N–H and O–H groups in total. The molecule has 0 aromatic heterocycles. The summed E-state index contributed by atoms with van der Waals surface area (Å²) in [6, 6.07) is 7.70. The number of aryl methyl sites for hydroxylation is 1. The van der Waals surface area contributed by atoms with Crippen molar-refractivity contribution in [3.05, 3.63) is 29.8 Å². The van der Waals surface area contributed by atoms with Crippen LogP contribution in [0.4, 0.5) is 4.79 Å². The van der Waals surface area contributed by atoms with Crippen molar-refractivity contribution in [3.63, 3.8) is 0 Å². The molecule has 0 aliphatic carbocycles. The van der Waals surface area contributed by atoms with E-state index in [4.69, 9.17) is 9.47 Å². The van der Waals surface area contributed by atoms with Crippen LogP contribution in [0.1, 0.15) is 32.8 Å². The van der Waals surface area contributed by atoms with Crippen LogP contribution in [0, 0.1) is 6.92 Å². The zero-order chi connectivity index (χ0) is 16.3. The minimum Gasteiger partial charge on any atom is -0.486 e. The van der Waals surface area contributed by atoms with Gasteiger partial charge in [0.2, 0.25) is 0 Å². The molecule has 0 saturated carbocycles. The average Bonchev–Trinajstić information content (AvgIpc) is 2.76. The summed E-state index contributed by atoms with van der Waals surface area (Å²) in [4.78, 5) is 13.7. The first-order valence-electron chi connectivity index (χ1n) is 7.77. The monoisotopic (exact) mass is 307 g/mol. The van der Waals surface area contributed by atoms with E-state index in [2.05, 4.69) is 0 Å². The SMILES string of the molecule is Cc1ccc(OC(CCO)[C@H]2OC(=O)N(C(C)C)[C@@H]2C)cc1. The van der Waals surface area contributed by atoms with Crippen LogP contribution in [0.15, 0.2) is 24.3 Å². The fraction of sp³-hybridized carbons (Fsp3) is 0.588. The lowest BCUT2D eigenvalue weighted by Gasteiger charge is -2.28. The van der Waals surface area contributed by atoms with Gasteiger partial charge in [-0.05, 0) is 39.8 Å². The third-order valence-corrected chi connectivity index (χ3v) is 4.01. The van der Waals surface area contributed by atoms with Gasteiger partial charge in [0.05, 0.1) is 6.04 Å². The number of carbonyl (C=O) groups excluding carboxylic acids is 1. The lowest BCUT2D eigenvalue weighted by Crippen LogP contribution is -2.44. The predicted molar refractivity (Wildman–Crippen MR) is 84.0 cm³/mol. The number of rotatable bonds is 6. The third kappa shape index (κ3) is 3.53. The quantitative estimate of drug-likeness (QED) is 0.878. The Balaban J connectivity index is 2.14. The highest BCUT2D eigenvalue weighted by Crippen LogP contribution is 2.28. The second kappa shape index (κ2) is 7.01. The number of ether oxygens (including phenoxy) is 2. The molecule has 1 heterocycles. The molecule has 0 bridgehead atoms. The molecule has 1 aromatic rings. The molecular weight excluding hydrogens is 282 g/mol. The first kappa shape index (κ1) is 16.6. The van der Waals surface area contributed by atoms with Gasteiger partial charge in [0, 0.05) is 19.1 Å². The third-order valence-electron chi connectivity index (χ3n) is 4.01. The van der Waals surface area contributed by atoms with E-state index >= 15 is 0 Å². The van der Waals surface area contributed by atoms with E-state index < -0.39 is 0 Å². The molecule has 0 radical (unpaired) electrons. The number of cyclic esters (lactones) is 1. The van der Waals surface area contributed by atoms with Crippen molar-refractivity contribution < 1.29 is 19.4 Å². The van der Waals surface area contributed by atoms with Gasteiger partial charge in [0.25, 0.3) is 0 Å². The second-order valence-corrected chi connectivity index (χ2v) is 6.07. The van der Waals surface area contributed by atoms with Gasteiger partial charge < -0.3 is 14.6 Å². The number of aliphatic hydroxyl groups is 1. The summed E-state index contributed by atoms with van der Waals surface area (Å²) in [5.41, 5.74) is 1.15. The number of amides is 1. The van der Waals surface area contributed by atoms with E-state index in [1.165, 1.54) is 0 Å². The van der Waals surface area contributed by atoms with Gasteiger partial charge in [0.15, 0.2) is 6.10 Å². The van der Waals surface area contributed by atoms with Gasteiger partial charge in [-0.25, -0.2) is 4.79 Å². The summed E-state index contributed by atoms with van der Waals surface area (Å²) in [5.74, 6) is 0.718. The van der Waals surface area contributed by atoms with Crippen molar-refractivity contribution in [3.8, 4) is 5.75 Å². The molecular formula is C17H25NO4. The van der Waals surface area contributed by atoms with Gasteiger partial charge in [-0.15, -0.1) is 0 Å². The van der Waals surface area contributed by atoms with Gasteiger partial charge in [-0.2, -0.15) is 0 Å². The van der Waals surface area contributed by atoms with Crippen LogP contribution in [-0.4, -0.2) is 47.0 Å². The number of aliphatic hydroxyl groups excluding tert-OH is 1. The van der Waals surface area contributed by atoms with Crippen LogP contribution in [0.3, 0.4) is 0 Å². The molecule has 1 aromatic carbocycles. The molecule has 22 heavy (non-hydrogen) atoms. The van der Waals surface area contributed by atoms with E-state index in [1.807, 2.05) is 52.0 Å². The van der Waals surface area contributed by atoms with Crippen molar-refractivity contribution in [1.29, 1.82) is 0 Å². The number of hydrogen-bond donors (Lipinski definition) is 1. The van der Waals surface area contributed by atoms with Crippen molar-refractivity contribution in [1.82, 2.24) is 4.90 Å². The highest BCUT2D eigenvalue weighted by molar-refractivity contribution is 5.71. The van der Waals surface area contributed by atoms with E-state index in [9.17, 15) is 9.90 Å². The maximum atomic E-state index is 12.0. The molecule has 5 nitrogen and oxygen atoms in total. The van der Waals surface area contributed by atoms with E-state index in [-0.39, 0.29) is 37.0 Å². The van der Waals surface area contributed by atoms with Gasteiger partial charge in [-0.3, -0.25) is 4.90 Å². The fourth-order valence-electron chi connectivity index (χ4n) is 2.88. The standard InChI is InChI=1S/C17H25NO4/c1-11(2)18-13(4)16(22-17(18)20)15(9-10-19)21-14-7-5-12(3)6-8-14/h5-8,11,13,15-16,19H,9-10H2,1-4H3/t13-,15?,16+/m1/s1. The summed E-state index contributed by atoms with van der Waals surface area (Å²) in [6.45, 7) is 7.87. The van der Waals surface area contributed by atoms with Crippen LogP contribution < -0.4 is 4.74 Å². The minimum atomic E-state index is -0.386. The van der Waals surface area contributed by atoms with Crippen molar-refractivity contribution in [2.24, 2.45) is 0 Å². The Morgan fingerprint density at radius 2 is 1.95 bits per heavy atom. The summed E-state index contributed by atoms with van der Waals surface area (Å²) in [6.07, 6.45) is -0.649. The molecule has 3 atom stereocenters. The van der Waals surface area contributed by atoms with E-state index in [0.717, 1.165) is 11.3 Å². The Morgan fingerprint density at radius 3 is 2.45 bits per heavy atom. The molecule has 1 saturated heterocycles. The lowest BCUT2D eigenvalue weighted by atomic mass is 10.0. The summed E-state index contributed by atoms with van der Waals surface area (Å²) in [7, 11) is 0. The molecule has 1 aliphatic rings. The minimum absolute atomic E-state index is 0.0149. The first-order chi connectivity index (χ1) is 10.4. The lowest BCUT2D eigenvalue weighted by molar-refractivity contribution is 0.0215. The summed E-state index contributed by atoms with van der Waals surface area (Å²) >= 11 is 0. The summed E-state index contributed by atoms with van der Waals surface area (Å²) < 4.78 is 11.5. The molecule has 1 amide bonds. The Kier molecular flexibility index (Phi) is 5.29. The molecule has 5 heteroatoms. The highest BCUT2D eigenvalue weighted by atomic mass is 16.6. The Morgan fingerprint density at radius 1 is 1.32 bits per heavy atom. The largest absolute Gasteiger partial charge is 0.486 e. The maximum absolute atomic E-state index is 12.0. The van der Waals surface area contributed by atoms with E-state index in [1.54, 1.807) is 4.90 Å². The zero-order valence-electron chi connectivity index (χ0n) is 13.7. The predicted octanol–water partition coefficient (Wildman–Crippen LogP) is 2.74. The van der Waals surface area contributed by atoms with Crippen LogP contribution in [-0.2, 0) is 4.74 Å². The Hall–Kier alpha value is -1.75. The smallest absolute Gasteiger partial charge is 0.410 e. The highest BCUT2D eigenvalue weighted by Gasteiger charge is 2.45. The normalized spacial score (nSPS) is 22.8. The number of carbonyl (C=O) groups is 1. The Labute approximate surface area is 131 Å². The average molecular weight is 307 g/mol. The summed E-state index contributed by atoms with van der Waals surface area (Å²) in [5, 5.41) is 9.31. The fourth-order valence-corrected chi connectivity index (χ4v) is 2.88. The van der Waals surface area contributed by atoms with Gasteiger partial charge in [-0.1, -0.05) is 17.7 Å². The second-order valence-electron chi connectivity index (χ2n) is 6.07. The first-order valence-corrected chi connectivity index (χ1v) is 7.77. The van der Waals surface area contributed by atoms with Crippen LogP contribution >= 0.6 is 0 Å².